The molecule has 0 atom stereocenters. The van der Waals surface area contributed by atoms with Crippen molar-refractivity contribution in [1.82, 2.24) is 0 Å². The van der Waals surface area contributed by atoms with Crippen LogP contribution >= 0.6 is 11.8 Å². The SMILES string of the molecule is c1ccc(COC(CCOCCOCCSC(c2ccccc2)(c2ccccc2)c2ccccc2)OCc2ccccc2)cc1. The lowest BCUT2D eigenvalue weighted by atomic mass is 9.84. The van der Waals surface area contributed by atoms with Gasteiger partial charge in [0.2, 0.25) is 0 Å². The molecule has 0 aromatic heterocycles. The summed E-state index contributed by atoms with van der Waals surface area (Å²) in [7, 11) is 0. The summed E-state index contributed by atoms with van der Waals surface area (Å²) in [6.07, 6.45) is 0.285. The molecule has 232 valence electrons. The smallest absolute Gasteiger partial charge is 0.160 e. The molecule has 0 bridgehead atoms. The van der Waals surface area contributed by atoms with Crippen LogP contribution in [0.2, 0.25) is 0 Å². The number of ether oxygens (including phenoxy) is 4. The predicted molar refractivity (Wildman–Crippen MR) is 184 cm³/mol. The first kappa shape index (κ1) is 32.7. The van der Waals surface area contributed by atoms with Gasteiger partial charge in [-0.05, 0) is 27.8 Å². The first-order valence-electron chi connectivity index (χ1n) is 15.6. The van der Waals surface area contributed by atoms with E-state index in [1.807, 2.05) is 48.2 Å². The maximum Gasteiger partial charge on any atom is 0.160 e. The van der Waals surface area contributed by atoms with Crippen LogP contribution in [-0.4, -0.2) is 38.5 Å². The van der Waals surface area contributed by atoms with Crippen LogP contribution in [-0.2, 0) is 36.9 Å². The molecule has 0 amide bonds. The van der Waals surface area contributed by atoms with Crippen LogP contribution < -0.4 is 0 Å². The third-order valence-corrected chi connectivity index (χ3v) is 9.03. The molecule has 5 aromatic carbocycles. The lowest BCUT2D eigenvalue weighted by molar-refractivity contribution is -0.166. The van der Waals surface area contributed by atoms with Gasteiger partial charge in [-0.25, -0.2) is 0 Å². The normalized spacial score (nSPS) is 11.6. The highest BCUT2D eigenvalue weighted by Gasteiger charge is 2.36. The Bertz CT molecular complexity index is 1330. The van der Waals surface area contributed by atoms with Crippen LogP contribution in [0.1, 0.15) is 34.2 Å². The molecular formula is C40H42O4S. The zero-order chi connectivity index (χ0) is 30.8. The molecular weight excluding hydrogens is 577 g/mol. The third kappa shape index (κ3) is 9.89. The summed E-state index contributed by atoms with van der Waals surface area (Å²) in [6, 6.07) is 52.6. The Labute approximate surface area is 272 Å². The van der Waals surface area contributed by atoms with Gasteiger partial charge >= 0.3 is 0 Å². The molecule has 0 aliphatic carbocycles. The Morgan fingerprint density at radius 3 is 1.24 bits per heavy atom. The third-order valence-electron chi connectivity index (χ3n) is 7.51. The number of hydrogen-bond donors (Lipinski definition) is 0. The van der Waals surface area contributed by atoms with E-state index < -0.39 is 0 Å². The highest BCUT2D eigenvalue weighted by molar-refractivity contribution is 8.00. The van der Waals surface area contributed by atoms with Crippen LogP contribution in [0.15, 0.2) is 152 Å². The van der Waals surface area contributed by atoms with E-state index in [4.69, 9.17) is 18.9 Å². The van der Waals surface area contributed by atoms with Gasteiger partial charge in [0.1, 0.15) is 0 Å². The quantitative estimate of drug-likeness (QED) is 0.0525. The fourth-order valence-corrected chi connectivity index (χ4v) is 6.68. The highest BCUT2D eigenvalue weighted by atomic mass is 32.2. The summed E-state index contributed by atoms with van der Waals surface area (Å²) in [5.74, 6) is 0.835. The van der Waals surface area contributed by atoms with Crippen molar-refractivity contribution in [3.05, 3.63) is 179 Å². The standard InChI is InChI=1S/C40H42O4S/c1-6-16-34(17-7-1)32-43-39(44-33-35-18-8-2-9-19-35)26-27-41-28-29-42-30-31-45-40(36-20-10-3-11-21-36,37-22-12-4-13-23-37)38-24-14-5-15-25-38/h1-25,39H,26-33H2. The monoisotopic (exact) mass is 618 g/mol. The van der Waals surface area contributed by atoms with Crippen molar-refractivity contribution in [1.29, 1.82) is 0 Å². The number of benzene rings is 5. The molecule has 5 rings (SSSR count). The van der Waals surface area contributed by atoms with Crippen molar-refractivity contribution in [2.45, 2.75) is 30.7 Å². The van der Waals surface area contributed by atoms with Crippen molar-refractivity contribution in [2.24, 2.45) is 0 Å². The first-order valence-corrected chi connectivity index (χ1v) is 16.6. The van der Waals surface area contributed by atoms with E-state index in [0.29, 0.717) is 46.1 Å². The Morgan fingerprint density at radius 2 is 0.822 bits per heavy atom. The highest BCUT2D eigenvalue weighted by Crippen LogP contribution is 2.48. The van der Waals surface area contributed by atoms with E-state index in [1.54, 1.807) is 0 Å². The average Bonchev–Trinajstić information content (AvgIpc) is 3.12. The van der Waals surface area contributed by atoms with E-state index in [0.717, 1.165) is 16.9 Å². The summed E-state index contributed by atoms with van der Waals surface area (Å²) >= 11 is 1.91. The van der Waals surface area contributed by atoms with Gasteiger partial charge in [0, 0.05) is 12.2 Å². The molecule has 0 N–H and O–H groups in total. The minimum atomic E-state index is -0.357. The first-order chi connectivity index (χ1) is 22.3. The van der Waals surface area contributed by atoms with Crippen molar-refractivity contribution in [3.63, 3.8) is 0 Å². The van der Waals surface area contributed by atoms with Gasteiger partial charge in [-0.1, -0.05) is 152 Å². The molecule has 45 heavy (non-hydrogen) atoms. The minimum absolute atomic E-state index is 0.335. The minimum Gasteiger partial charge on any atom is -0.379 e. The molecule has 5 aromatic rings. The van der Waals surface area contributed by atoms with Crippen LogP contribution in [0.3, 0.4) is 0 Å². The lowest BCUT2D eigenvalue weighted by Gasteiger charge is -2.35. The van der Waals surface area contributed by atoms with Crippen molar-refractivity contribution >= 4 is 11.8 Å². The van der Waals surface area contributed by atoms with E-state index in [9.17, 15) is 0 Å². The van der Waals surface area contributed by atoms with Crippen molar-refractivity contribution in [3.8, 4) is 0 Å². The summed E-state index contributed by atoms with van der Waals surface area (Å²) in [5.41, 5.74) is 6.01. The van der Waals surface area contributed by atoms with Gasteiger partial charge < -0.3 is 18.9 Å². The van der Waals surface area contributed by atoms with Crippen molar-refractivity contribution in [2.75, 3.05) is 32.2 Å². The van der Waals surface area contributed by atoms with E-state index in [2.05, 4.69) is 115 Å². The van der Waals surface area contributed by atoms with Gasteiger partial charge in [-0.2, -0.15) is 0 Å². The zero-order valence-electron chi connectivity index (χ0n) is 25.7. The second-order valence-electron chi connectivity index (χ2n) is 10.7. The Hall–Kier alpha value is -3.71. The van der Waals surface area contributed by atoms with Gasteiger partial charge in [-0.3, -0.25) is 0 Å². The van der Waals surface area contributed by atoms with Crippen LogP contribution in [0.4, 0.5) is 0 Å². The number of thioether (sulfide) groups is 1. The second-order valence-corrected chi connectivity index (χ2v) is 12.0. The van der Waals surface area contributed by atoms with Gasteiger partial charge in [-0.15, -0.1) is 11.8 Å². The molecule has 0 saturated heterocycles. The van der Waals surface area contributed by atoms with E-state index in [-0.39, 0.29) is 11.0 Å². The molecule has 0 unspecified atom stereocenters. The molecule has 0 heterocycles. The zero-order valence-corrected chi connectivity index (χ0v) is 26.5. The van der Waals surface area contributed by atoms with E-state index >= 15 is 0 Å². The van der Waals surface area contributed by atoms with Gasteiger partial charge in [0.05, 0.1) is 44.4 Å². The van der Waals surface area contributed by atoms with Gasteiger partial charge in [0.25, 0.3) is 0 Å². The Kier molecular flexibility index (Phi) is 13.3. The van der Waals surface area contributed by atoms with Crippen molar-refractivity contribution < 1.29 is 18.9 Å². The predicted octanol–water partition coefficient (Wildman–Crippen LogP) is 8.89. The fraction of sp³-hybridized carbons (Fsp3) is 0.250. The molecule has 5 heteroatoms. The second kappa shape index (κ2) is 18.3. The Morgan fingerprint density at radius 1 is 0.444 bits per heavy atom. The largest absolute Gasteiger partial charge is 0.379 e. The summed E-state index contributed by atoms with van der Waals surface area (Å²) in [6.45, 7) is 3.22. The average molecular weight is 619 g/mol. The number of rotatable bonds is 19. The van der Waals surface area contributed by atoms with Gasteiger partial charge in [0.15, 0.2) is 6.29 Å². The molecule has 0 fully saturated rings. The fourth-order valence-electron chi connectivity index (χ4n) is 5.27. The maximum absolute atomic E-state index is 6.11. The van der Waals surface area contributed by atoms with Crippen LogP contribution in [0, 0.1) is 0 Å². The summed E-state index contributed by atoms with van der Waals surface area (Å²) < 4.78 is 23.9. The lowest BCUT2D eigenvalue weighted by Crippen LogP contribution is -2.26. The maximum atomic E-state index is 6.11. The topological polar surface area (TPSA) is 36.9 Å². The van der Waals surface area contributed by atoms with E-state index in [1.165, 1.54) is 16.7 Å². The van der Waals surface area contributed by atoms with Crippen LogP contribution in [0.5, 0.6) is 0 Å². The number of hydrogen-bond acceptors (Lipinski definition) is 5. The molecule has 4 nitrogen and oxygen atoms in total. The summed E-state index contributed by atoms with van der Waals surface area (Å²) in [4.78, 5) is 0. The van der Waals surface area contributed by atoms with Crippen LogP contribution in [0.25, 0.3) is 0 Å². The molecule has 0 spiro atoms. The Balaban J connectivity index is 1.09. The molecule has 0 aliphatic rings. The molecule has 0 radical (unpaired) electrons. The summed E-state index contributed by atoms with van der Waals surface area (Å²) in [5, 5.41) is 0. The molecule has 0 saturated carbocycles. The molecule has 0 aliphatic heterocycles.